The molecule has 2 atom stereocenters. The first kappa shape index (κ1) is 17.9. The van der Waals surface area contributed by atoms with Gasteiger partial charge in [0.15, 0.2) is 0 Å². The van der Waals surface area contributed by atoms with Crippen molar-refractivity contribution in [3.05, 3.63) is 78.6 Å². The molecule has 2 N–H and O–H groups in total. The molecule has 0 bridgehead atoms. The zero-order chi connectivity index (χ0) is 19.7. The summed E-state index contributed by atoms with van der Waals surface area (Å²) in [6.45, 7) is 3.36. The lowest BCUT2D eigenvalue weighted by Crippen LogP contribution is -2.59. The quantitative estimate of drug-likeness (QED) is 0.686. The Bertz CT molecular complexity index is 1030. The van der Waals surface area contributed by atoms with Crippen LogP contribution in [0.1, 0.15) is 25.5 Å². The Kier molecular flexibility index (Phi) is 4.39. The largest absolute Gasteiger partial charge is 0.466 e. The molecule has 142 valence electrons. The molecule has 2 heterocycles. The Morgan fingerprint density at radius 3 is 2.64 bits per heavy atom. The van der Waals surface area contributed by atoms with E-state index in [2.05, 4.69) is 10.6 Å². The Morgan fingerprint density at radius 1 is 1.11 bits per heavy atom. The van der Waals surface area contributed by atoms with E-state index < -0.39 is 17.4 Å². The van der Waals surface area contributed by atoms with E-state index in [1.54, 1.807) is 24.3 Å². The highest BCUT2D eigenvalue weighted by molar-refractivity contribution is 6.15. The van der Waals surface area contributed by atoms with Gasteiger partial charge in [0.25, 0.3) is 17.4 Å². The second kappa shape index (κ2) is 6.88. The fourth-order valence-corrected chi connectivity index (χ4v) is 3.20. The zero-order valence-corrected chi connectivity index (χ0v) is 15.7. The molecule has 1 aliphatic rings. The van der Waals surface area contributed by atoms with Crippen molar-refractivity contribution in [3.63, 3.8) is 0 Å². The molecule has 0 saturated carbocycles. The topological polar surface area (TPSA) is 72.4 Å². The number of hydrogen-bond acceptors (Lipinski definition) is 3. The summed E-state index contributed by atoms with van der Waals surface area (Å²) in [6, 6.07) is 18.5. The number of ether oxygens (including phenoxy) is 1. The second-order valence-electron chi connectivity index (χ2n) is 6.97. The van der Waals surface area contributed by atoms with Gasteiger partial charge in [-0.05, 0) is 55.8 Å². The SMILES string of the molecule is CC(NC(=O)C1(C)Oc2ccccc2NC1=O)c1cccc(-n2cccc2)c1. The van der Waals surface area contributed by atoms with Crippen LogP contribution in [0.25, 0.3) is 5.69 Å². The van der Waals surface area contributed by atoms with Gasteiger partial charge in [-0.15, -0.1) is 0 Å². The summed E-state index contributed by atoms with van der Waals surface area (Å²) in [7, 11) is 0. The van der Waals surface area contributed by atoms with Crippen LogP contribution in [0.4, 0.5) is 5.69 Å². The number of carbonyl (C=O) groups excluding carboxylic acids is 2. The molecule has 2 unspecified atom stereocenters. The first-order valence-electron chi connectivity index (χ1n) is 9.11. The molecule has 1 aromatic heterocycles. The van der Waals surface area contributed by atoms with Gasteiger partial charge in [-0.25, -0.2) is 0 Å². The summed E-state index contributed by atoms with van der Waals surface area (Å²) in [6.07, 6.45) is 3.92. The fourth-order valence-electron chi connectivity index (χ4n) is 3.20. The van der Waals surface area contributed by atoms with E-state index in [1.165, 1.54) is 6.92 Å². The minimum absolute atomic E-state index is 0.298. The van der Waals surface area contributed by atoms with Crippen molar-refractivity contribution in [1.29, 1.82) is 0 Å². The number of fused-ring (bicyclic) bond motifs is 1. The highest BCUT2D eigenvalue weighted by atomic mass is 16.5. The van der Waals surface area contributed by atoms with Gasteiger partial charge in [-0.3, -0.25) is 9.59 Å². The van der Waals surface area contributed by atoms with Crippen molar-refractivity contribution in [3.8, 4) is 11.4 Å². The molecular formula is C22H21N3O3. The predicted octanol–water partition coefficient (Wildman–Crippen LogP) is 3.44. The lowest BCUT2D eigenvalue weighted by molar-refractivity contribution is -0.147. The van der Waals surface area contributed by atoms with E-state index in [0.29, 0.717) is 11.4 Å². The van der Waals surface area contributed by atoms with Gasteiger partial charge >= 0.3 is 0 Å². The number of benzene rings is 2. The Labute approximate surface area is 163 Å². The van der Waals surface area contributed by atoms with Crippen molar-refractivity contribution >= 4 is 17.5 Å². The van der Waals surface area contributed by atoms with Gasteiger partial charge in [-0.1, -0.05) is 24.3 Å². The molecule has 1 aliphatic heterocycles. The molecule has 2 amide bonds. The third-order valence-electron chi connectivity index (χ3n) is 4.94. The number of aromatic nitrogens is 1. The first-order valence-corrected chi connectivity index (χ1v) is 9.11. The molecule has 6 heteroatoms. The molecular weight excluding hydrogens is 354 g/mol. The van der Waals surface area contributed by atoms with Crippen molar-refractivity contribution in [1.82, 2.24) is 9.88 Å². The van der Waals surface area contributed by atoms with Gasteiger partial charge < -0.3 is 19.9 Å². The Morgan fingerprint density at radius 2 is 1.86 bits per heavy atom. The Hall–Kier alpha value is -3.54. The van der Waals surface area contributed by atoms with Crippen LogP contribution >= 0.6 is 0 Å². The summed E-state index contributed by atoms with van der Waals surface area (Å²) >= 11 is 0. The van der Waals surface area contributed by atoms with E-state index in [-0.39, 0.29) is 6.04 Å². The van der Waals surface area contributed by atoms with Crippen LogP contribution in [0, 0.1) is 0 Å². The van der Waals surface area contributed by atoms with E-state index >= 15 is 0 Å². The van der Waals surface area contributed by atoms with E-state index in [1.807, 2.05) is 60.3 Å². The van der Waals surface area contributed by atoms with Crippen LogP contribution in [0.2, 0.25) is 0 Å². The van der Waals surface area contributed by atoms with Gasteiger partial charge in [-0.2, -0.15) is 0 Å². The standard InChI is InChI=1S/C22H21N3O3/c1-15(16-8-7-9-17(14-16)25-12-5-6-13-25)23-20(26)22(2)21(27)24-18-10-3-4-11-19(18)28-22/h3-15H,1-2H3,(H,23,26)(H,24,27). The molecule has 0 fully saturated rings. The molecule has 2 aromatic carbocycles. The lowest BCUT2D eigenvalue weighted by Gasteiger charge is -2.34. The van der Waals surface area contributed by atoms with Crippen molar-refractivity contribution in [2.45, 2.75) is 25.5 Å². The number of amides is 2. The number of nitrogens with one attached hydrogen (secondary N) is 2. The minimum atomic E-state index is -1.64. The summed E-state index contributed by atoms with van der Waals surface area (Å²) < 4.78 is 7.78. The molecule has 6 nitrogen and oxygen atoms in total. The van der Waals surface area contributed by atoms with E-state index in [9.17, 15) is 9.59 Å². The maximum atomic E-state index is 12.9. The Balaban J connectivity index is 1.53. The second-order valence-corrected chi connectivity index (χ2v) is 6.97. The molecule has 28 heavy (non-hydrogen) atoms. The number of nitrogens with zero attached hydrogens (tertiary/aromatic N) is 1. The molecule has 4 rings (SSSR count). The van der Waals surface area contributed by atoms with Gasteiger partial charge in [0.05, 0.1) is 11.7 Å². The van der Waals surface area contributed by atoms with Crippen LogP contribution in [0.15, 0.2) is 73.1 Å². The molecule has 0 aliphatic carbocycles. The van der Waals surface area contributed by atoms with Gasteiger partial charge in [0.1, 0.15) is 5.75 Å². The van der Waals surface area contributed by atoms with Crippen LogP contribution in [0.5, 0.6) is 5.75 Å². The smallest absolute Gasteiger partial charge is 0.278 e. The van der Waals surface area contributed by atoms with Crippen molar-refractivity contribution in [2.24, 2.45) is 0 Å². The molecule has 0 saturated heterocycles. The summed E-state index contributed by atoms with van der Waals surface area (Å²) in [4.78, 5) is 25.5. The summed E-state index contributed by atoms with van der Waals surface area (Å²) in [5, 5.41) is 5.65. The average Bonchev–Trinajstić information content (AvgIpc) is 3.24. The number of carbonyl (C=O) groups is 2. The van der Waals surface area contributed by atoms with E-state index in [4.69, 9.17) is 4.74 Å². The normalized spacial score (nSPS) is 19.1. The monoisotopic (exact) mass is 375 g/mol. The third-order valence-corrected chi connectivity index (χ3v) is 4.94. The molecule has 0 spiro atoms. The summed E-state index contributed by atoms with van der Waals surface area (Å²) in [5.41, 5.74) is 0.848. The molecule has 0 radical (unpaired) electrons. The summed E-state index contributed by atoms with van der Waals surface area (Å²) in [5.74, 6) is -0.502. The van der Waals surface area contributed by atoms with Crippen LogP contribution < -0.4 is 15.4 Å². The first-order chi connectivity index (χ1) is 13.5. The minimum Gasteiger partial charge on any atom is -0.466 e. The van der Waals surface area contributed by atoms with Gasteiger partial charge in [0.2, 0.25) is 0 Å². The maximum Gasteiger partial charge on any atom is 0.278 e. The number of para-hydroxylation sites is 2. The van der Waals surface area contributed by atoms with Crippen molar-refractivity contribution < 1.29 is 14.3 Å². The predicted molar refractivity (Wildman–Crippen MR) is 106 cm³/mol. The highest BCUT2D eigenvalue weighted by Gasteiger charge is 2.47. The number of rotatable bonds is 4. The van der Waals surface area contributed by atoms with Crippen LogP contribution in [-0.4, -0.2) is 22.0 Å². The van der Waals surface area contributed by atoms with Crippen LogP contribution in [-0.2, 0) is 9.59 Å². The van der Waals surface area contributed by atoms with Crippen LogP contribution in [0.3, 0.4) is 0 Å². The fraction of sp³-hybridized carbons (Fsp3) is 0.182. The maximum absolute atomic E-state index is 12.9. The van der Waals surface area contributed by atoms with E-state index in [0.717, 1.165) is 11.3 Å². The lowest BCUT2D eigenvalue weighted by atomic mass is 10.00. The zero-order valence-electron chi connectivity index (χ0n) is 15.7. The number of hydrogen-bond donors (Lipinski definition) is 2. The highest BCUT2D eigenvalue weighted by Crippen LogP contribution is 2.33. The average molecular weight is 375 g/mol. The molecule has 3 aromatic rings. The number of anilines is 1. The van der Waals surface area contributed by atoms with Gasteiger partial charge in [0, 0.05) is 18.1 Å². The third kappa shape index (κ3) is 3.13. The van der Waals surface area contributed by atoms with Crippen molar-refractivity contribution in [2.75, 3.05) is 5.32 Å².